The van der Waals surface area contributed by atoms with Crippen molar-refractivity contribution in [1.82, 2.24) is 10.2 Å². The lowest BCUT2D eigenvalue weighted by molar-refractivity contribution is 0.0717. The molecule has 3 aliphatic rings. The summed E-state index contributed by atoms with van der Waals surface area (Å²) >= 11 is 0. The van der Waals surface area contributed by atoms with E-state index in [0.717, 1.165) is 23.9 Å². The third-order valence-electron chi connectivity index (χ3n) is 6.01. The highest BCUT2D eigenvalue weighted by Gasteiger charge is 2.33. The van der Waals surface area contributed by atoms with Gasteiger partial charge in [0.25, 0.3) is 0 Å². The minimum Gasteiger partial charge on any atom is -0.314 e. The van der Waals surface area contributed by atoms with Gasteiger partial charge in [-0.15, -0.1) is 0 Å². The molecule has 3 rings (SSSR count). The van der Waals surface area contributed by atoms with Crippen LogP contribution in [-0.2, 0) is 0 Å². The Hall–Kier alpha value is -0.0800. The third kappa shape index (κ3) is 3.33. The zero-order valence-electron chi connectivity index (χ0n) is 12.7. The van der Waals surface area contributed by atoms with E-state index in [2.05, 4.69) is 17.1 Å². The van der Waals surface area contributed by atoms with Crippen LogP contribution in [0.1, 0.15) is 64.7 Å². The van der Waals surface area contributed by atoms with Crippen LogP contribution in [0.4, 0.5) is 0 Å². The molecule has 0 radical (unpaired) electrons. The molecule has 2 heteroatoms. The van der Waals surface area contributed by atoms with Gasteiger partial charge in [0.2, 0.25) is 0 Å². The average molecular weight is 264 g/mol. The van der Waals surface area contributed by atoms with Gasteiger partial charge in [-0.2, -0.15) is 0 Å². The van der Waals surface area contributed by atoms with Crippen LogP contribution < -0.4 is 5.32 Å². The summed E-state index contributed by atoms with van der Waals surface area (Å²) in [4.78, 5) is 2.87. The number of rotatable bonds is 3. The Bertz CT molecular complexity index is 272. The second-order valence-electron chi connectivity index (χ2n) is 7.19. The molecule has 0 aromatic rings. The predicted octanol–water partition coefficient (Wildman–Crippen LogP) is 3.42. The van der Waals surface area contributed by atoms with Gasteiger partial charge in [0.15, 0.2) is 0 Å². The van der Waals surface area contributed by atoms with Crippen LogP contribution in [0.15, 0.2) is 0 Å². The smallest absolute Gasteiger partial charge is 0.0108 e. The predicted molar refractivity (Wildman–Crippen MR) is 81.4 cm³/mol. The summed E-state index contributed by atoms with van der Waals surface area (Å²) in [6.45, 7) is 6.42. The summed E-state index contributed by atoms with van der Waals surface area (Å²) in [5.41, 5.74) is 0. The van der Waals surface area contributed by atoms with Gasteiger partial charge < -0.3 is 10.2 Å². The summed E-state index contributed by atoms with van der Waals surface area (Å²) in [6.07, 6.45) is 13.1. The summed E-state index contributed by atoms with van der Waals surface area (Å²) in [5.74, 6) is 1.96. The van der Waals surface area contributed by atoms with E-state index in [1.165, 1.54) is 77.4 Å². The van der Waals surface area contributed by atoms with E-state index in [1.807, 2.05) is 0 Å². The van der Waals surface area contributed by atoms with Gasteiger partial charge in [-0.05, 0) is 63.5 Å². The van der Waals surface area contributed by atoms with Crippen LogP contribution in [-0.4, -0.2) is 36.6 Å². The quantitative estimate of drug-likeness (QED) is 0.840. The Morgan fingerprint density at radius 2 is 2.00 bits per heavy atom. The first-order chi connectivity index (χ1) is 9.36. The minimum atomic E-state index is 0.841. The minimum absolute atomic E-state index is 0.841. The molecule has 2 heterocycles. The van der Waals surface area contributed by atoms with E-state index in [9.17, 15) is 0 Å². The van der Waals surface area contributed by atoms with Crippen molar-refractivity contribution in [1.29, 1.82) is 0 Å². The Morgan fingerprint density at radius 3 is 2.79 bits per heavy atom. The van der Waals surface area contributed by atoms with E-state index < -0.39 is 0 Å². The molecule has 110 valence electrons. The van der Waals surface area contributed by atoms with Gasteiger partial charge in [-0.3, -0.25) is 0 Å². The number of nitrogens with one attached hydrogen (secondary N) is 1. The van der Waals surface area contributed by atoms with Gasteiger partial charge in [-0.25, -0.2) is 0 Å². The second-order valence-corrected chi connectivity index (χ2v) is 7.19. The number of nitrogens with zero attached hydrogens (tertiary/aromatic N) is 1. The monoisotopic (exact) mass is 264 g/mol. The molecule has 2 aliphatic heterocycles. The molecule has 1 N–H and O–H groups in total. The molecule has 0 bridgehead atoms. The number of hydrogen-bond donors (Lipinski definition) is 1. The van der Waals surface area contributed by atoms with E-state index in [1.54, 1.807) is 0 Å². The van der Waals surface area contributed by atoms with Gasteiger partial charge in [0.1, 0.15) is 0 Å². The number of hydrogen-bond acceptors (Lipinski definition) is 2. The SMILES string of the molecule is CCC1CCCC(N2CCCC(C3CCCN3)C2)C1. The molecule has 3 fully saturated rings. The molecule has 0 aromatic heterocycles. The van der Waals surface area contributed by atoms with E-state index in [-0.39, 0.29) is 0 Å². The number of piperidine rings is 1. The summed E-state index contributed by atoms with van der Waals surface area (Å²) in [5, 5.41) is 3.74. The van der Waals surface area contributed by atoms with Crippen molar-refractivity contribution in [3.05, 3.63) is 0 Å². The van der Waals surface area contributed by atoms with Crippen molar-refractivity contribution in [2.24, 2.45) is 11.8 Å². The summed E-state index contributed by atoms with van der Waals surface area (Å²) in [7, 11) is 0. The Morgan fingerprint density at radius 1 is 1.05 bits per heavy atom. The molecule has 4 atom stereocenters. The van der Waals surface area contributed by atoms with E-state index in [4.69, 9.17) is 0 Å². The molecule has 2 nitrogen and oxygen atoms in total. The second kappa shape index (κ2) is 6.58. The standard InChI is InChI=1S/C17H32N2/c1-2-14-6-3-8-16(12-14)19-11-5-7-15(13-19)17-9-4-10-18-17/h14-18H,2-13H2,1H3. The van der Waals surface area contributed by atoms with Gasteiger partial charge in [0.05, 0.1) is 0 Å². The van der Waals surface area contributed by atoms with Crippen molar-refractivity contribution in [3.63, 3.8) is 0 Å². The van der Waals surface area contributed by atoms with Gasteiger partial charge in [0, 0.05) is 18.6 Å². The first kappa shape index (κ1) is 13.9. The highest BCUT2D eigenvalue weighted by atomic mass is 15.2. The van der Waals surface area contributed by atoms with Crippen LogP contribution in [0.5, 0.6) is 0 Å². The van der Waals surface area contributed by atoms with Crippen LogP contribution in [0.3, 0.4) is 0 Å². The lowest BCUT2D eigenvalue weighted by Crippen LogP contribution is -2.48. The largest absolute Gasteiger partial charge is 0.314 e. The van der Waals surface area contributed by atoms with Crippen LogP contribution in [0, 0.1) is 11.8 Å². The molecule has 2 saturated heterocycles. The molecule has 1 aliphatic carbocycles. The Labute approximate surface area is 119 Å². The lowest BCUT2D eigenvalue weighted by atomic mass is 9.81. The van der Waals surface area contributed by atoms with Gasteiger partial charge in [-0.1, -0.05) is 26.2 Å². The first-order valence-corrected chi connectivity index (χ1v) is 8.84. The van der Waals surface area contributed by atoms with Crippen molar-refractivity contribution in [3.8, 4) is 0 Å². The Kier molecular flexibility index (Phi) is 4.81. The molecule has 1 saturated carbocycles. The van der Waals surface area contributed by atoms with Crippen molar-refractivity contribution in [2.45, 2.75) is 76.8 Å². The molecular weight excluding hydrogens is 232 g/mol. The van der Waals surface area contributed by atoms with Gasteiger partial charge >= 0.3 is 0 Å². The normalized spacial score (nSPS) is 41.5. The van der Waals surface area contributed by atoms with Crippen molar-refractivity contribution >= 4 is 0 Å². The van der Waals surface area contributed by atoms with Crippen molar-refractivity contribution in [2.75, 3.05) is 19.6 Å². The lowest BCUT2D eigenvalue weighted by Gasteiger charge is -2.43. The van der Waals surface area contributed by atoms with Crippen LogP contribution >= 0.6 is 0 Å². The molecule has 19 heavy (non-hydrogen) atoms. The van der Waals surface area contributed by atoms with Crippen LogP contribution in [0.25, 0.3) is 0 Å². The zero-order valence-corrected chi connectivity index (χ0v) is 12.7. The summed E-state index contributed by atoms with van der Waals surface area (Å²) < 4.78 is 0. The molecule has 4 unspecified atom stereocenters. The maximum absolute atomic E-state index is 3.74. The summed E-state index contributed by atoms with van der Waals surface area (Å²) in [6, 6.07) is 1.76. The maximum atomic E-state index is 3.74. The fourth-order valence-electron chi connectivity index (χ4n) is 4.78. The molecule has 0 spiro atoms. The highest BCUT2D eigenvalue weighted by molar-refractivity contribution is 4.89. The van der Waals surface area contributed by atoms with Crippen LogP contribution in [0.2, 0.25) is 0 Å². The fourth-order valence-corrected chi connectivity index (χ4v) is 4.78. The third-order valence-corrected chi connectivity index (χ3v) is 6.01. The zero-order chi connectivity index (χ0) is 13.1. The molecule has 0 amide bonds. The average Bonchev–Trinajstić information content (AvgIpc) is 3.02. The molecular formula is C17H32N2. The maximum Gasteiger partial charge on any atom is 0.0108 e. The van der Waals surface area contributed by atoms with E-state index in [0.29, 0.717) is 0 Å². The topological polar surface area (TPSA) is 15.3 Å². The van der Waals surface area contributed by atoms with E-state index >= 15 is 0 Å². The van der Waals surface area contributed by atoms with Crippen molar-refractivity contribution < 1.29 is 0 Å². The molecule has 0 aromatic carbocycles. The highest BCUT2D eigenvalue weighted by Crippen LogP contribution is 2.33. The fraction of sp³-hybridized carbons (Fsp3) is 1.00. The number of likely N-dealkylation sites (tertiary alicyclic amines) is 1. The first-order valence-electron chi connectivity index (χ1n) is 8.84. The Balaban J connectivity index is 1.55.